The molecule has 0 radical (unpaired) electrons. The number of nitrogens with one attached hydrogen (secondary N) is 1. The molecular weight excluding hydrogens is 218 g/mol. The third-order valence-electron chi connectivity index (χ3n) is 3.06. The summed E-state index contributed by atoms with van der Waals surface area (Å²) in [6.45, 7) is 6.36. The first-order valence-corrected chi connectivity index (χ1v) is 6.66. The van der Waals surface area contributed by atoms with Gasteiger partial charge in [0.05, 0.1) is 0 Å². The van der Waals surface area contributed by atoms with Crippen molar-refractivity contribution in [1.29, 1.82) is 0 Å². The average Bonchev–Trinajstić information content (AvgIpc) is 2.40. The molecule has 1 N–H and O–H groups in total. The molecule has 94 valence electrons. The smallest absolute Gasteiger partial charge is 0.0205 e. The summed E-state index contributed by atoms with van der Waals surface area (Å²) in [6.07, 6.45) is 1.18. The van der Waals surface area contributed by atoms with Gasteiger partial charge in [0, 0.05) is 6.54 Å². The lowest BCUT2D eigenvalue weighted by molar-refractivity contribution is 0.675. The minimum Gasteiger partial charge on any atom is -0.313 e. The second kappa shape index (κ2) is 6.36. The van der Waals surface area contributed by atoms with Crippen LogP contribution < -0.4 is 5.32 Å². The van der Waals surface area contributed by atoms with Crippen LogP contribution in [0.25, 0.3) is 11.1 Å². The van der Waals surface area contributed by atoms with Crippen LogP contribution in [0.4, 0.5) is 0 Å². The summed E-state index contributed by atoms with van der Waals surface area (Å²) in [5.74, 6) is 0. The molecule has 0 amide bonds. The monoisotopic (exact) mass is 239 g/mol. The molecular formula is C17H21N. The normalized spacial score (nSPS) is 10.6. The van der Waals surface area contributed by atoms with Gasteiger partial charge in [0.2, 0.25) is 0 Å². The van der Waals surface area contributed by atoms with E-state index < -0.39 is 0 Å². The van der Waals surface area contributed by atoms with E-state index in [1.54, 1.807) is 0 Å². The lowest BCUT2D eigenvalue weighted by Crippen LogP contribution is -2.13. The minimum absolute atomic E-state index is 0.960. The van der Waals surface area contributed by atoms with E-state index in [0.717, 1.165) is 13.1 Å². The van der Waals surface area contributed by atoms with Gasteiger partial charge in [-0.25, -0.2) is 0 Å². The number of aryl methyl sites for hydroxylation is 1. The van der Waals surface area contributed by atoms with Gasteiger partial charge in [-0.15, -0.1) is 0 Å². The van der Waals surface area contributed by atoms with Crippen LogP contribution in [0.15, 0.2) is 48.5 Å². The van der Waals surface area contributed by atoms with Gasteiger partial charge in [0.1, 0.15) is 0 Å². The van der Waals surface area contributed by atoms with Crippen LogP contribution in [-0.2, 0) is 6.54 Å². The van der Waals surface area contributed by atoms with E-state index in [0.29, 0.717) is 0 Å². The predicted molar refractivity (Wildman–Crippen MR) is 78.6 cm³/mol. The van der Waals surface area contributed by atoms with Crippen molar-refractivity contribution < 1.29 is 0 Å². The molecule has 0 unspecified atom stereocenters. The van der Waals surface area contributed by atoms with E-state index in [-0.39, 0.29) is 0 Å². The van der Waals surface area contributed by atoms with Gasteiger partial charge in [-0.1, -0.05) is 61.0 Å². The Labute approximate surface area is 110 Å². The molecule has 0 heterocycles. The van der Waals surface area contributed by atoms with Crippen molar-refractivity contribution in [3.63, 3.8) is 0 Å². The molecule has 0 fully saturated rings. The summed E-state index contributed by atoms with van der Waals surface area (Å²) in [5.41, 5.74) is 5.24. The van der Waals surface area contributed by atoms with Crippen molar-refractivity contribution in [3.8, 4) is 11.1 Å². The summed E-state index contributed by atoms with van der Waals surface area (Å²) in [4.78, 5) is 0. The molecule has 1 nitrogen and oxygen atoms in total. The maximum atomic E-state index is 3.42. The number of hydrogen-bond donors (Lipinski definition) is 1. The van der Waals surface area contributed by atoms with E-state index in [1.807, 2.05) is 0 Å². The summed E-state index contributed by atoms with van der Waals surface area (Å²) in [5, 5.41) is 3.42. The van der Waals surface area contributed by atoms with Crippen LogP contribution in [0.3, 0.4) is 0 Å². The van der Waals surface area contributed by atoms with Crippen molar-refractivity contribution in [2.75, 3.05) is 6.54 Å². The number of rotatable bonds is 5. The van der Waals surface area contributed by atoms with E-state index >= 15 is 0 Å². The van der Waals surface area contributed by atoms with Crippen LogP contribution in [0.1, 0.15) is 24.5 Å². The van der Waals surface area contributed by atoms with E-state index in [4.69, 9.17) is 0 Å². The van der Waals surface area contributed by atoms with Crippen molar-refractivity contribution in [3.05, 3.63) is 59.7 Å². The molecule has 0 aliphatic heterocycles. The summed E-state index contributed by atoms with van der Waals surface area (Å²) in [7, 11) is 0. The highest BCUT2D eigenvalue weighted by molar-refractivity contribution is 5.64. The highest BCUT2D eigenvalue weighted by Gasteiger charge is 1.98. The molecule has 0 aliphatic carbocycles. The molecule has 1 heteroatoms. The Morgan fingerprint density at radius 3 is 2.39 bits per heavy atom. The molecule has 2 rings (SSSR count). The molecule has 0 bridgehead atoms. The zero-order valence-corrected chi connectivity index (χ0v) is 11.2. The molecule has 2 aromatic carbocycles. The zero-order valence-electron chi connectivity index (χ0n) is 11.2. The largest absolute Gasteiger partial charge is 0.313 e. The molecule has 0 spiro atoms. The summed E-state index contributed by atoms with van der Waals surface area (Å²) >= 11 is 0. The predicted octanol–water partition coefficient (Wildman–Crippen LogP) is 4.16. The molecule has 0 saturated carbocycles. The van der Waals surface area contributed by atoms with E-state index in [1.165, 1.54) is 28.7 Å². The lowest BCUT2D eigenvalue weighted by atomic mass is 10.0. The Balaban J connectivity index is 2.07. The fraction of sp³-hybridized carbons (Fsp3) is 0.294. The Morgan fingerprint density at radius 2 is 1.72 bits per heavy atom. The van der Waals surface area contributed by atoms with Crippen LogP contribution in [0.2, 0.25) is 0 Å². The highest BCUT2D eigenvalue weighted by Crippen LogP contribution is 2.20. The first-order chi connectivity index (χ1) is 8.79. The zero-order chi connectivity index (χ0) is 12.8. The Bertz CT molecular complexity index is 485. The van der Waals surface area contributed by atoms with Gasteiger partial charge in [-0.3, -0.25) is 0 Å². The summed E-state index contributed by atoms with van der Waals surface area (Å²) in [6, 6.07) is 17.5. The van der Waals surface area contributed by atoms with Gasteiger partial charge in [0.15, 0.2) is 0 Å². The maximum absolute atomic E-state index is 3.42. The van der Waals surface area contributed by atoms with Crippen LogP contribution >= 0.6 is 0 Å². The van der Waals surface area contributed by atoms with Crippen molar-refractivity contribution in [2.45, 2.75) is 26.8 Å². The standard InChI is InChI=1S/C17H21N/c1-3-11-18-13-15-7-9-16(10-8-15)17-6-4-5-14(2)12-17/h4-10,12,18H,3,11,13H2,1-2H3. The van der Waals surface area contributed by atoms with E-state index in [9.17, 15) is 0 Å². The van der Waals surface area contributed by atoms with Crippen molar-refractivity contribution in [1.82, 2.24) is 5.32 Å². The SMILES string of the molecule is CCCNCc1ccc(-c2cccc(C)c2)cc1. The van der Waals surface area contributed by atoms with Gasteiger partial charge < -0.3 is 5.32 Å². The Kier molecular flexibility index (Phi) is 4.54. The van der Waals surface area contributed by atoms with Gasteiger partial charge in [-0.2, -0.15) is 0 Å². The van der Waals surface area contributed by atoms with Crippen LogP contribution in [-0.4, -0.2) is 6.54 Å². The maximum Gasteiger partial charge on any atom is 0.0205 e. The topological polar surface area (TPSA) is 12.0 Å². The van der Waals surface area contributed by atoms with Crippen LogP contribution in [0.5, 0.6) is 0 Å². The fourth-order valence-electron chi connectivity index (χ4n) is 2.05. The average molecular weight is 239 g/mol. The molecule has 0 saturated heterocycles. The van der Waals surface area contributed by atoms with Crippen LogP contribution in [0, 0.1) is 6.92 Å². The quantitative estimate of drug-likeness (QED) is 0.772. The third-order valence-corrected chi connectivity index (χ3v) is 3.06. The molecule has 0 atom stereocenters. The Morgan fingerprint density at radius 1 is 0.944 bits per heavy atom. The molecule has 0 aliphatic rings. The van der Waals surface area contributed by atoms with E-state index in [2.05, 4.69) is 67.7 Å². The summed E-state index contributed by atoms with van der Waals surface area (Å²) < 4.78 is 0. The molecule has 18 heavy (non-hydrogen) atoms. The second-order valence-corrected chi connectivity index (χ2v) is 4.74. The first kappa shape index (κ1) is 12.8. The number of hydrogen-bond acceptors (Lipinski definition) is 1. The fourth-order valence-corrected chi connectivity index (χ4v) is 2.05. The molecule has 0 aromatic heterocycles. The first-order valence-electron chi connectivity index (χ1n) is 6.66. The lowest BCUT2D eigenvalue weighted by Gasteiger charge is -2.06. The van der Waals surface area contributed by atoms with Gasteiger partial charge >= 0.3 is 0 Å². The van der Waals surface area contributed by atoms with Gasteiger partial charge in [0.25, 0.3) is 0 Å². The third kappa shape index (κ3) is 3.44. The van der Waals surface area contributed by atoms with Crippen molar-refractivity contribution >= 4 is 0 Å². The van der Waals surface area contributed by atoms with Crippen molar-refractivity contribution in [2.24, 2.45) is 0 Å². The van der Waals surface area contributed by atoms with Gasteiger partial charge in [-0.05, 0) is 36.6 Å². The number of benzene rings is 2. The molecule has 2 aromatic rings. The minimum atomic E-state index is 0.960. The highest BCUT2D eigenvalue weighted by atomic mass is 14.8. The Hall–Kier alpha value is -1.60. The second-order valence-electron chi connectivity index (χ2n) is 4.74.